The summed E-state index contributed by atoms with van der Waals surface area (Å²) in [7, 11) is 0. The molecule has 110 valence electrons. The molecule has 3 N–H and O–H groups in total. The fourth-order valence-electron chi connectivity index (χ4n) is 1.82. The van der Waals surface area contributed by atoms with Crippen LogP contribution in [0.25, 0.3) is 0 Å². The minimum Gasteiger partial charge on any atom is -0.397 e. The van der Waals surface area contributed by atoms with Gasteiger partial charge in [-0.3, -0.25) is 4.79 Å². The average Bonchev–Trinajstić information content (AvgIpc) is 2.45. The third kappa shape index (κ3) is 4.69. The summed E-state index contributed by atoms with van der Waals surface area (Å²) in [6.45, 7) is 2.07. The molecule has 0 atom stereocenters. The number of hydrogen-bond donors (Lipinski definition) is 2. The SMILES string of the molecule is Cc1ccccc1SCCC(=O)Nc1ccc(Cl)c(N)c1. The van der Waals surface area contributed by atoms with Crippen molar-refractivity contribution in [2.75, 3.05) is 16.8 Å². The Morgan fingerprint density at radius 1 is 1.29 bits per heavy atom. The zero-order valence-electron chi connectivity index (χ0n) is 11.7. The van der Waals surface area contributed by atoms with Gasteiger partial charge in [-0.05, 0) is 36.8 Å². The number of halogens is 1. The van der Waals surface area contributed by atoms with Crippen LogP contribution in [0.2, 0.25) is 5.02 Å². The molecule has 2 rings (SSSR count). The summed E-state index contributed by atoms with van der Waals surface area (Å²) >= 11 is 7.53. The zero-order valence-corrected chi connectivity index (χ0v) is 13.3. The van der Waals surface area contributed by atoms with Gasteiger partial charge in [0.15, 0.2) is 0 Å². The maximum Gasteiger partial charge on any atom is 0.225 e. The highest BCUT2D eigenvalue weighted by molar-refractivity contribution is 7.99. The average molecular weight is 321 g/mol. The van der Waals surface area contributed by atoms with Gasteiger partial charge in [-0.1, -0.05) is 29.8 Å². The lowest BCUT2D eigenvalue weighted by Crippen LogP contribution is -2.12. The molecule has 0 bridgehead atoms. The van der Waals surface area contributed by atoms with E-state index in [0.717, 1.165) is 5.75 Å². The second-order valence-corrected chi connectivity index (χ2v) is 6.19. The molecule has 3 nitrogen and oxygen atoms in total. The number of hydrogen-bond acceptors (Lipinski definition) is 3. The first-order valence-electron chi connectivity index (χ1n) is 6.59. The van der Waals surface area contributed by atoms with Gasteiger partial charge in [0.2, 0.25) is 5.91 Å². The summed E-state index contributed by atoms with van der Waals surface area (Å²) in [4.78, 5) is 13.1. The molecule has 2 aromatic carbocycles. The van der Waals surface area contributed by atoms with Crippen LogP contribution >= 0.6 is 23.4 Å². The first kappa shape index (κ1) is 15.7. The van der Waals surface area contributed by atoms with E-state index in [1.807, 2.05) is 12.1 Å². The molecule has 0 aliphatic carbocycles. The quantitative estimate of drug-likeness (QED) is 0.636. The molecule has 0 spiro atoms. The van der Waals surface area contributed by atoms with Crippen molar-refractivity contribution in [1.29, 1.82) is 0 Å². The molecule has 0 radical (unpaired) electrons. The molecule has 0 aliphatic heterocycles. The number of nitrogens with two attached hydrogens (primary N) is 1. The molecule has 1 amide bonds. The molecular formula is C16H17ClN2OS. The highest BCUT2D eigenvalue weighted by Gasteiger charge is 2.05. The standard InChI is InChI=1S/C16H17ClN2OS/c1-11-4-2-3-5-15(11)21-9-8-16(20)19-12-6-7-13(17)14(18)10-12/h2-7,10H,8-9,18H2,1H3,(H,19,20). The number of benzene rings is 2. The third-order valence-corrected chi connectivity index (χ3v) is 4.48. The molecule has 0 heterocycles. The highest BCUT2D eigenvalue weighted by atomic mass is 35.5. The number of rotatable bonds is 5. The normalized spacial score (nSPS) is 10.4. The van der Waals surface area contributed by atoms with E-state index in [0.29, 0.717) is 22.8 Å². The van der Waals surface area contributed by atoms with Gasteiger partial charge in [-0.15, -0.1) is 11.8 Å². The Kier molecular flexibility index (Phi) is 5.53. The van der Waals surface area contributed by atoms with Gasteiger partial charge in [0.1, 0.15) is 0 Å². The minimum atomic E-state index is -0.0298. The van der Waals surface area contributed by atoms with E-state index >= 15 is 0 Å². The predicted molar refractivity (Wildman–Crippen MR) is 91.0 cm³/mol. The fraction of sp³-hybridized carbons (Fsp3) is 0.188. The van der Waals surface area contributed by atoms with Gasteiger partial charge >= 0.3 is 0 Å². The number of nitrogens with one attached hydrogen (secondary N) is 1. The maximum absolute atomic E-state index is 11.9. The van der Waals surface area contributed by atoms with E-state index in [1.165, 1.54) is 10.5 Å². The molecule has 0 saturated heterocycles. The molecule has 21 heavy (non-hydrogen) atoms. The smallest absolute Gasteiger partial charge is 0.225 e. The number of nitrogen functional groups attached to an aromatic ring is 1. The largest absolute Gasteiger partial charge is 0.397 e. The van der Waals surface area contributed by atoms with Crippen LogP contribution in [-0.2, 0) is 4.79 Å². The van der Waals surface area contributed by atoms with Crippen molar-refractivity contribution in [3.63, 3.8) is 0 Å². The monoisotopic (exact) mass is 320 g/mol. The van der Waals surface area contributed by atoms with Crippen molar-refractivity contribution in [2.45, 2.75) is 18.2 Å². The molecule has 0 saturated carbocycles. The van der Waals surface area contributed by atoms with Gasteiger partial charge in [0.25, 0.3) is 0 Å². The van der Waals surface area contributed by atoms with Crippen LogP contribution in [0, 0.1) is 6.92 Å². The van der Waals surface area contributed by atoms with Crippen LogP contribution < -0.4 is 11.1 Å². The van der Waals surface area contributed by atoms with Crippen LogP contribution in [0.1, 0.15) is 12.0 Å². The summed E-state index contributed by atoms with van der Waals surface area (Å²) in [5, 5.41) is 3.31. The van der Waals surface area contributed by atoms with Gasteiger partial charge in [-0.25, -0.2) is 0 Å². The second-order valence-electron chi connectivity index (χ2n) is 4.65. The van der Waals surface area contributed by atoms with Crippen molar-refractivity contribution in [2.24, 2.45) is 0 Å². The zero-order chi connectivity index (χ0) is 15.2. The first-order chi connectivity index (χ1) is 10.1. The van der Waals surface area contributed by atoms with E-state index < -0.39 is 0 Å². The van der Waals surface area contributed by atoms with E-state index in [1.54, 1.807) is 30.0 Å². The molecule has 0 aromatic heterocycles. The van der Waals surface area contributed by atoms with Crippen LogP contribution in [0.3, 0.4) is 0 Å². The number of anilines is 2. The molecule has 2 aromatic rings. The molecule has 0 aliphatic rings. The molecule has 0 unspecified atom stereocenters. The Balaban J connectivity index is 1.82. The predicted octanol–water partition coefficient (Wildman–Crippen LogP) is 4.35. The summed E-state index contributed by atoms with van der Waals surface area (Å²) in [6.07, 6.45) is 0.446. The number of amides is 1. The number of aryl methyl sites for hydroxylation is 1. The van der Waals surface area contributed by atoms with Gasteiger partial charge < -0.3 is 11.1 Å². The van der Waals surface area contributed by atoms with Crippen LogP contribution in [0.4, 0.5) is 11.4 Å². The van der Waals surface area contributed by atoms with Gasteiger partial charge in [-0.2, -0.15) is 0 Å². The lowest BCUT2D eigenvalue weighted by Gasteiger charge is -2.08. The van der Waals surface area contributed by atoms with E-state index in [9.17, 15) is 4.79 Å². The summed E-state index contributed by atoms with van der Waals surface area (Å²) in [5.74, 6) is 0.706. The van der Waals surface area contributed by atoms with Gasteiger partial charge in [0, 0.05) is 22.8 Å². The van der Waals surface area contributed by atoms with Crippen LogP contribution in [0.15, 0.2) is 47.4 Å². The lowest BCUT2D eigenvalue weighted by atomic mass is 10.2. The Labute approximate surface area is 133 Å². The Bertz CT molecular complexity index is 646. The number of thioether (sulfide) groups is 1. The minimum absolute atomic E-state index is 0.0298. The Morgan fingerprint density at radius 3 is 2.76 bits per heavy atom. The van der Waals surface area contributed by atoms with Crippen molar-refractivity contribution in [1.82, 2.24) is 0 Å². The Morgan fingerprint density at radius 2 is 2.05 bits per heavy atom. The molecule has 5 heteroatoms. The van der Waals surface area contributed by atoms with Crippen molar-refractivity contribution in [3.8, 4) is 0 Å². The maximum atomic E-state index is 11.9. The topological polar surface area (TPSA) is 55.1 Å². The van der Waals surface area contributed by atoms with Crippen LogP contribution in [0.5, 0.6) is 0 Å². The fourth-order valence-corrected chi connectivity index (χ4v) is 2.91. The second kappa shape index (κ2) is 7.38. The number of carbonyl (C=O) groups excluding carboxylic acids is 1. The van der Waals surface area contributed by atoms with Crippen molar-refractivity contribution >= 4 is 40.6 Å². The van der Waals surface area contributed by atoms with Crippen molar-refractivity contribution < 1.29 is 4.79 Å². The Hall–Kier alpha value is -1.65. The molecule has 0 fully saturated rings. The van der Waals surface area contributed by atoms with E-state index in [4.69, 9.17) is 17.3 Å². The summed E-state index contributed by atoms with van der Waals surface area (Å²) < 4.78 is 0. The van der Waals surface area contributed by atoms with Crippen LogP contribution in [-0.4, -0.2) is 11.7 Å². The summed E-state index contributed by atoms with van der Waals surface area (Å²) in [5.41, 5.74) is 8.06. The van der Waals surface area contributed by atoms with Crippen molar-refractivity contribution in [3.05, 3.63) is 53.1 Å². The first-order valence-corrected chi connectivity index (χ1v) is 7.96. The lowest BCUT2D eigenvalue weighted by molar-refractivity contribution is -0.115. The molecular weight excluding hydrogens is 304 g/mol. The highest BCUT2D eigenvalue weighted by Crippen LogP contribution is 2.24. The van der Waals surface area contributed by atoms with E-state index in [-0.39, 0.29) is 5.91 Å². The van der Waals surface area contributed by atoms with E-state index in [2.05, 4.69) is 24.4 Å². The van der Waals surface area contributed by atoms with Gasteiger partial charge in [0.05, 0.1) is 10.7 Å². The number of carbonyl (C=O) groups is 1. The third-order valence-electron chi connectivity index (χ3n) is 2.96. The summed E-state index contributed by atoms with van der Waals surface area (Å²) in [6, 6.07) is 13.2.